The lowest BCUT2D eigenvalue weighted by molar-refractivity contribution is -0.191. The summed E-state index contributed by atoms with van der Waals surface area (Å²) in [6.45, 7) is 1.46. The van der Waals surface area contributed by atoms with Gasteiger partial charge in [-0.25, -0.2) is 9.18 Å². The summed E-state index contributed by atoms with van der Waals surface area (Å²) in [5.41, 5.74) is -0.871. The number of carboxylic acids is 1. The molecule has 0 heterocycles. The van der Waals surface area contributed by atoms with Crippen LogP contribution in [0.3, 0.4) is 0 Å². The highest BCUT2D eigenvalue weighted by atomic mass is 19.1. The molecule has 1 aromatic carbocycles. The summed E-state index contributed by atoms with van der Waals surface area (Å²) in [5.74, 6) is -1.48. The summed E-state index contributed by atoms with van der Waals surface area (Å²) >= 11 is 0. The minimum atomic E-state index is -1.28. The number of ether oxygens (including phenoxy) is 1. The van der Waals surface area contributed by atoms with Gasteiger partial charge in [0.25, 0.3) is 0 Å². The van der Waals surface area contributed by atoms with Crippen molar-refractivity contribution >= 4 is 17.8 Å². The lowest BCUT2D eigenvalue weighted by Gasteiger charge is -2.26. The van der Waals surface area contributed by atoms with Crippen molar-refractivity contribution in [1.82, 2.24) is 0 Å². The second-order valence-electron chi connectivity index (χ2n) is 3.79. The smallest absolute Gasteiger partial charge is 0.373 e. The van der Waals surface area contributed by atoms with E-state index in [4.69, 9.17) is 19.4 Å². The van der Waals surface area contributed by atoms with Crippen molar-refractivity contribution in [3.63, 3.8) is 0 Å². The van der Waals surface area contributed by atoms with Gasteiger partial charge in [-0.3, -0.25) is 0 Å². The number of hydrogen-bond donors (Lipinski definition) is 2. The minimum Gasteiger partial charge on any atom is -0.479 e. The van der Waals surface area contributed by atoms with Crippen molar-refractivity contribution in [3.8, 4) is 0 Å². The number of carbonyl (C=O) groups is 1. The Morgan fingerprint density at radius 3 is 2.53 bits per heavy atom. The normalized spacial score (nSPS) is 12.4. The first kappa shape index (κ1) is 16.8. The second-order valence-corrected chi connectivity index (χ2v) is 3.79. The van der Waals surface area contributed by atoms with Crippen molar-refractivity contribution < 1.29 is 28.6 Å². The van der Waals surface area contributed by atoms with Crippen LogP contribution in [0, 0.1) is 5.82 Å². The Bertz CT molecular complexity index is 459. The van der Waals surface area contributed by atoms with Gasteiger partial charge in [0.05, 0.1) is 6.61 Å². The summed E-state index contributed by atoms with van der Waals surface area (Å²) in [4.78, 5) is 27.3. The number of carbonyl (C=O) groups excluding carboxylic acids is 2. The van der Waals surface area contributed by atoms with Gasteiger partial charge in [-0.05, 0) is 25.1 Å². The lowest BCUT2D eigenvalue weighted by atomic mass is 10.0. The summed E-state index contributed by atoms with van der Waals surface area (Å²) in [6, 6.07) is 5.63. The highest BCUT2D eigenvalue weighted by Gasteiger charge is 2.33. The van der Waals surface area contributed by atoms with Crippen molar-refractivity contribution in [2.24, 2.45) is 0 Å². The number of carboxylic acid groups (broad SMARTS) is 1. The minimum absolute atomic E-state index is 0.0150. The maximum absolute atomic E-state index is 12.9. The third kappa shape index (κ3) is 5.76. The van der Waals surface area contributed by atoms with E-state index in [0.717, 1.165) is 0 Å². The van der Waals surface area contributed by atoms with Gasteiger partial charge in [0.15, 0.2) is 5.54 Å². The summed E-state index contributed by atoms with van der Waals surface area (Å²) in [6.07, 6.45) is 0.250. The molecule has 0 aliphatic rings. The van der Waals surface area contributed by atoms with E-state index in [2.05, 4.69) is 5.32 Å². The summed E-state index contributed by atoms with van der Waals surface area (Å²) < 4.78 is 17.7. The first-order valence-corrected chi connectivity index (χ1v) is 5.15. The molecular weight excluding hydrogens is 257 g/mol. The number of benzene rings is 1. The van der Waals surface area contributed by atoms with Crippen molar-refractivity contribution in [2.45, 2.75) is 12.5 Å². The number of halogens is 1. The predicted octanol–water partition coefficient (Wildman–Crippen LogP) is 1.14. The van der Waals surface area contributed by atoms with Crippen LogP contribution in [0.2, 0.25) is 0 Å². The number of nitrogens with one attached hydrogen (secondary N) is 1. The molecular formula is C12H14FNO5. The number of rotatable bonds is 5. The fourth-order valence-corrected chi connectivity index (χ4v) is 1.32. The fourth-order valence-electron chi connectivity index (χ4n) is 1.32. The molecule has 6 nitrogen and oxygen atoms in total. The zero-order chi connectivity index (χ0) is 14.9. The molecule has 7 heteroatoms. The van der Waals surface area contributed by atoms with Crippen LogP contribution in [0.25, 0.3) is 0 Å². The SMILES string of the molecule is COC[C@@](C)(Nc1cccc(F)c1)C(=O)O.O=C=O. The van der Waals surface area contributed by atoms with Crippen molar-refractivity contribution in [3.05, 3.63) is 30.1 Å². The van der Waals surface area contributed by atoms with Gasteiger partial charge >= 0.3 is 12.1 Å². The van der Waals surface area contributed by atoms with Gasteiger partial charge in [-0.2, -0.15) is 9.59 Å². The number of aliphatic carboxylic acids is 1. The molecule has 0 aromatic heterocycles. The Labute approximate surface area is 109 Å². The average molecular weight is 271 g/mol. The lowest BCUT2D eigenvalue weighted by Crippen LogP contribution is -2.47. The summed E-state index contributed by atoms with van der Waals surface area (Å²) in [5, 5.41) is 11.8. The quantitative estimate of drug-likeness (QED) is 0.834. The van der Waals surface area contributed by atoms with Gasteiger partial charge in [0.2, 0.25) is 0 Å². The molecule has 0 saturated carbocycles. The zero-order valence-electron chi connectivity index (χ0n) is 10.5. The monoisotopic (exact) mass is 271 g/mol. The van der Waals surface area contributed by atoms with E-state index in [1.807, 2.05) is 0 Å². The molecule has 1 rings (SSSR count). The zero-order valence-corrected chi connectivity index (χ0v) is 10.5. The van der Waals surface area contributed by atoms with Crippen LogP contribution in [0.4, 0.5) is 10.1 Å². The highest BCUT2D eigenvalue weighted by Crippen LogP contribution is 2.17. The van der Waals surface area contributed by atoms with Gasteiger partial charge in [-0.15, -0.1) is 0 Å². The largest absolute Gasteiger partial charge is 0.479 e. The first-order valence-electron chi connectivity index (χ1n) is 5.15. The third-order valence-electron chi connectivity index (χ3n) is 2.15. The van der Waals surface area contributed by atoms with E-state index >= 15 is 0 Å². The number of anilines is 1. The van der Waals surface area contributed by atoms with Crippen LogP contribution in [0.5, 0.6) is 0 Å². The predicted molar refractivity (Wildman–Crippen MR) is 62.9 cm³/mol. The van der Waals surface area contributed by atoms with Crippen LogP contribution >= 0.6 is 0 Å². The molecule has 0 fully saturated rings. The third-order valence-corrected chi connectivity index (χ3v) is 2.15. The highest BCUT2D eigenvalue weighted by molar-refractivity contribution is 5.82. The number of methoxy groups -OCH3 is 1. The molecule has 0 radical (unpaired) electrons. The van der Waals surface area contributed by atoms with Gasteiger partial charge in [0, 0.05) is 12.8 Å². The van der Waals surface area contributed by atoms with E-state index in [0.29, 0.717) is 5.69 Å². The molecule has 0 aliphatic heterocycles. The molecule has 1 atom stereocenters. The molecule has 2 N–H and O–H groups in total. The molecule has 0 amide bonds. The number of hydrogen-bond acceptors (Lipinski definition) is 5. The van der Waals surface area contributed by atoms with E-state index in [1.165, 1.54) is 32.2 Å². The van der Waals surface area contributed by atoms with E-state index in [1.54, 1.807) is 6.07 Å². The fraction of sp³-hybridized carbons (Fsp3) is 0.333. The molecule has 0 spiro atoms. The Morgan fingerprint density at radius 1 is 1.53 bits per heavy atom. The van der Waals surface area contributed by atoms with Crippen molar-refractivity contribution in [1.29, 1.82) is 0 Å². The molecule has 19 heavy (non-hydrogen) atoms. The first-order chi connectivity index (χ1) is 8.89. The Balaban J connectivity index is 0.000000982. The Morgan fingerprint density at radius 2 is 2.11 bits per heavy atom. The molecule has 104 valence electrons. The van der Waals surface area contributed by atoms with Gasteiger partial charge < -0.3 is 15.2 Å². The van der Waals surface area contributed by atoms with Crippen LogP contribution in [-0.2, 0) is 19.1 Å². The van der Waals surface area contributed by atoms with Crippen LogP contribution < -0.4 is 5.32 Å². The van der Waals surface area contributed by atoms with Crippen LogP contribution in [0.1, 0.15) is 6.92 Å². The van der Waals surface area contributed by atoms with E-state index in [9.17, 15) is 9.18 Å². The molecule has 0 saturated heterocycles. The topological polar surface area (TPSA) is 92.7 Å². The summed E-state index contributed by atoms with van der Waals surface area (Å²) in [7, 11) is 1.41. The van der Waals surface area contributed by atoms with Crippen molar-refractivity contribution in [2.75, 3.05) is 19.0 Å². The molecule has 0 unspecified atom stereocenters. The molecule has 1 aromatic rings. The van der Waals surface area contributed by atoms with E-state index < -0.39 is 17.3 Å². The standard InChI is InChI=1S/C11H14FNO3.CO2/c1-11(7-16-2,10(14)15)13-9-5-3-4-8(12)6-9;2-1-3/h3-6,13H,7H2,1-2H3,(H,14,15);/t11-;/m1./s1. The maximum atomic E-state index is 12.9. The Kier molecular flexibility index (Phi) is 7.03. The van der Waals surface area contributed by atoms with Crippen LogP contribution in [-0.4, -0.2) is 36.5 Å². The van der Waals surface area contributed by atoms with Gasteiger partial charge in [0.1, 0.15) is 5.82 Å². The molecule has 0 bridgehead atoms. The van der Waals surface area contributed by atoms with Crippen LogP contribution in [0.15, 0.2) is 24.3 Å². The second kappa shape index (κ2) is 7.97. The Hall–Kier alpha value is -2.24. The maximum Gasteiger partial charge on any atom is 0.373 e. The van der Waals surface area contributed by atoms with E-state index in [-0.39, 0.29) is 12.8 Å². The molecule has 0 aliphatic carbocycles. The average Bonchev–Trinajstić information content (AvgIpc) is 2.30. The van der Waals surface area contributed by atoms with Gasteiger partial charge in [-0.1, -0.05) is 6.07 Å².